The van der Waals surface area contributed by atoms with Gasteiger partial charge in [0.2, 0.25) is 0 Å². The quantitative estimate of drug-likeness (QED) is 0.795. The fraction of sp³-hybridized carbons (Fsp3) is 0.250. The molecule has 1 aromatic carbocycles. The van der Waals surface area contributed by atoms with Crippen LogP contribution in [0.5, 0.6) is 5.75 Å². The molecular weight excluding hydrogens is 330 g/mol. The molecule has 0 aliphatic rings. The van der Waals surface area contributed by atoms with Gasteiger partial charge in [0, 0.05) is 16.7 Å². The highest BCUT2D eigenvalue weighted by molar-refractivity contribution is 9.10. The van der Waals surface area contributed by atoms with Gasteiger partial charge in [-0.3, -0.25) is 0 Å². The zero-order valence-electron chi connectivity index (χ0n) is 7.71. The maximum atomic E-state index is 13.3. The third-order valence-corrected chi connectivity index (χ3v) is 3.54. The number of ether oxygens (including phenoxy) is 1. The molecule has 3 nitrogen and oxygen atoms in total. The number of hydrogen-bond acceptors (Lipinski definition) is 3. The van der Waals surface area contributed by atoms with Gasteiger partial charge in [0.05, 0.1) is 4.47 Å². The first kappa shape index (κ1) is 13.7. The van der Waals surface area contributed by atoms with E-state index in [1.165, 1.54) is 0 Å². The number of rotatable bonds is 4. The normalized spacial score (nSPS) is 11.5. The van der Waals surface area contributed by atoms with Crippen LogP contribution in [0, 0.1) is 5.82 Å². The molecule has 1 rings (SSSR count). The topological polar surface area (TPSA) is 43.4 Å². The average Bonchev–Trinajstić information content (AvgIpc) is 2.17. The maximum absolute atomic E-state index is 13.3. The van der Waals surface area contributed by atoms with Gasteiger partial charge >= 0.3 is 0 Å². The number of hydrogen-bond donors (Lipinski definition) is 0. The van der Waals surface area contributed by atoms with Gasteiger partial charge in [0.25, 0.3) is 9.05 Å². The Bertz CT molecular complexity index is 492. The van der Waals surface area contributed by atoms with Crippen LogP contribution in [-0.2, 0) is 9.05 Å². The van der Waals surface area contributed by atoms with Crippen molar-refractivity contribution in [3.63, 3.8) is 0 Å². The van der Waals surface area contributed by atoms with Crippen LogP contribution in [0.15, 0.2) is 21.5 Å². The van der Waals surface area contributed by atoms with E-state index >= 15 is 0 Å². The summed E-state index contributed by atoms with van der Waals surface area (Å²) in [5.74, 6) is -1.04. The Hall–Kier alpha value is -0.400. The molecule has 0 bridgehead atoms. The third-order valence-electron chi connectivity index (χ3n) is 1.58. The fourth-order valence-corrected chi connectivity index (χ4v) is 2.47. The second-order valence-corrected chi connectivity index (χ2v) is 6.08. The molecule has 0 aliphatic carbocycles. The lowest BCUT2D eigenvalue weighted by atomic mass is 10.3. The smallest absolute Gasteiger partial charge is 0.264 e. The van der Waals surface area contributed by atoms with Crippen molar-refractivity contribution in [2.24, 2.45) is 0 Å². The second kappa shape index (κ2) is 5.29. The largest absolute Gasteiger partial charge is 0.490 e. The lowest BCUT2D eigenvalue weighted by Gasteiger charge is -2.08. The summed E-state index contributed by atoms with van der Waals surface area (Å²) in [6, 6.07) is 1.79. The van der Waals surface area contributed by atoms with Crippen LogP contribution in [0.2, 0.25) is 0 Å². The summed E-state index contributed by atoms with van der Waals surface area (Å²) in [4.78, 5) is -0.659. The Kier molecular flexibility index (Phi) is 4.52. The van der Waals surface area contributed by atoms with Crippen LogP contribution in [0.3, 0.4) is 0 Å². The molecule has 0 N–H and O–H groups in total. The van der Waals surface area contributed by atoms with E-state index in [9.17, 15) is 17.2 Å². The molecule has 0 aliphatic heterocycles. The predicted molar refractivity (Wildman–Crippen MR) is 58.6 cm³/mol. The Morgan fingerprint density at radius 3 is 2.56 bits per heavy atom. The molecule has 0 unspecified atom stereocenters. The summed E-state index contributed by atoms with van der Waals surface area (Å²) in [6.45, 7) is -0.978. The highest BCUT2D eigenvalue weighted by Crippen LogP contribution is 2.31. The zero-order chi connectivity index (χ0) is 12.3. The molecule has 0 saturated heterocycles. The van der Waals surface area contributed by atoms with Crippen molar-refractivity contribution < 1.29 is 21.9 Å². The molecule has 0 heterocycles. The maximum Gasteiger partial charge on any atom is 0.264 e. The van der Waals surface area contributed by atoms with E-state index in [0.29, 0.717) is 0 Å². The standard InChI is InChI=1S/C8H6BrClF2O3S/c9-5-3-8(16(10,13)14)6(12)4-7(5)15-2-1-11/h3-4H,1-2H2. The monoisotopic (exact) mass is 334 g/mol. The lowest BCUT2D eigenvalue weighted by Crippen LogP contribution is -2.02. The van der Waals surface area contributed by atoms with Gasteiger partial charge in [-0.1, -0.05) is 0 Å². The summed E-state index contributed by atoms with van der Waals surface area (Å²) in [6.07, 6.45) is 0. The van der Waals surface area contributed by atoms with Gasteiger partial charge in [0.15, 0.2) is 0 Å². The molecular formula is C8H6BrClF2O3S. The van der Waals surface area contributed by atoms with Crippen molar-refractivity contribution in [1.82, 2.24) is 0 Å². The minimum absolute atomic E-state index is 0.0132. The Morgan fingerprint density at radius 2 is 2.06 bits per heavy atom. The van der Waals surface area contributed by atoms with Crippen LogP contribution < -0.4 is 4.74 Å². The molecule has 0 fully saturated rings. The molecule has 0 amide bonds. The molecule has 90 valence electrons. The fourth-order valence-electron chi connectivity index (χ4n) is 0.956. The summed E-state index contributed by atoms with van der Waals surface area (Å²) < 4.78 is 52.0. The number of alkyl halides is 1. The van der Waals surface area contributed by atoms with E-state index in [-0.39, 0.29) is 16.8 Å². The van der Waals surface area contributed by atoms with E-state index < -0.39 is 26.4 Å². The SMILES string of the molecule is O=S(=O)(Cl)c1cc(Br)c(OCCF)cc1F. The first-order chi connectivity index (χ1) is 7.36. The van der Waals surface area contributed by atoms with E-state index in [2.05, 4.69) is 15.9 Å². The predicted octanol–water partition coefficient (Wildman–Crippen LogP) is 2.86. The van der Waals surface area contributed by atoms with Gasteiger partial charge in [-0.25, -0.2) is 17.2 Å². The van der Waals surface area contributed by atoms with E-state index in [1.807, 2.05) is 0 Å². The zero-order valence-corrected chi connectivity index (χ0v) is 10.9. The van der Waals surface area contributed by atoms with Crippen molar-refractivity contribution in [3.8, 4) is 5.75 Å². The van der Waals surface area contributed by atoms with Crippen LogP contribution >= 0.6 is 26.6 Å². The van der Waals surface area contributed by atoms with Crippen molar-refractivity contribution in [2.75, 3.05) is 13.3 Å². The van der Waals surface area contributed by atoms with E-state index in [0.717, 1.165) is 12.1 Å². The Labute approximate surface area is 104 Å². The minimum atomic E-state index is -4.16. The van der Waals surface area contributed by atoms with Gasteiger partial charge in [-0.15, -0.1) is 0 Å². The number of benzene rings is 1. The Morgan fingerprint density at radius 1 is 1.44 bits per heavy atom. The highest BCUT2D eigenvalue weighted by atomic mass is 79.9. The Balaban J connectivity index is 3.17. The molecule has 1 aromatic rings. The van der Waals surface area contributed by atoms with Crippen molar-refractivity contribution in [1.29, 1.82) is 0 Å². The first-order valence-corrected chi connectivity index (χ1v) is 7.09. The van der Waals surface area contributed by atoms with Crippen molar-refractivity contribution in [2.45, 2.75) is 4.90 Å². The van der Waals surface area contributed by atoms with Crippen LogP contribution in [0.1, 0.15) is 0 Å². The van der Waals surface area contributed by atoms with Gasteiger partial charge in [-0.05, 0) is 22.0 Å². The first-order valence-electron chi connectivity index (χ1n) is 3.98. The van der Waals surface area contributed by atoms with Gasteiger partial charge in [-0.2, -0.15) is 0 Å². The summed E-state index contributed by atoms with van der Waals surface area (Å²) in [5, 5.41) is 0. The number of halogens is 4. The van der Waals surface area contributed by atoms with Crippen LogP contribution in [0.4, 0.5) is 8.78 Å². The summed E-state index contributed by atoms with van der Waals surface area (Å²) in [7, 11) is 0.847. The summed E-state index contributed by atoms with van der Waals surface area (Å²) >= 11 is 2.97. The molecule has 0 aromatic heterocycles. The van der Waals surface area contributed by atoms with Crippen LogP contribution in [0.25, 0.3) is 0 Å². The van der Waals surface area contributed by atoms with Crippen molar-refractivity contribution in [3.05, 3.63) is 22.4 Å². The molecule has 0 saturated carbocycles. The second-order valence-electron chi connectivity index (χ2n) is 2.69. The molecule has 0 spiro atoms. The molecule has 0 radical (unpaired) electrons. The molecule has 8 heteroatoms. The van der Waals surface area contributed by atoms with Gasteiger partial charge in [0.1, 0.15) is 29.7 Å². The third kappa shape index (κ3) is 3.29. The van der Waals surface area contributed by atoms with Crippen LogP contribution in [-0.4, -0.2) is 21.7 Å². The minimum Gasteiger partial charge on any atom is -0.490 e. The molecule has 16 heavy (non-hydrogen) atoms. The van der Waals surface area contributed by atoms with Gasteiger partial charge < -0.3 is 4.74 Å². The molecule has 0 atom stereocenters. The van der Waals surface area contributed by atoms with E-state index in [1.54, 1.807) is 0 Å². The van der Waals surface area contributed by atoms with E-state index in [4.69, 9.17) is 15.4 Å². The lowest BCUT2D eigenvalue weighted by molar-refractivity contribution is 0.270. The average molecular weight is 336 g/mol. The van der Waals surface area contributed by atoms with Crippen molar-refractivity contribution >= 4 is 35.7 Å². The summed E-state index contributed by atoms with van der Waals surface area (Å²) in [5.41, 5.74) is 0. The highest BCUT2D eigenvalue weighted by Gasteiger charge is 2.19.